The van der Waals surface area contributed by atoms with E-state index in [1.807, 2.05) is 24.0 Å². The first kappa shape index (κ1) is 13.2. The Balaban J connectivity index is 1.93. The number of rotatable bonds is 2. The number of amides is 1. The summed E-state index contributed by atoms with van der Waals surface area (Å²) in [7, 11) is 0. The zero-order valence-electron chi connectivity index (χ0n) is 10.9. The van der Waals surface area contributed by atoms with Crippen LogP contribution in [0.5, 0.6) is 0 Å². The van der Waals surface area contributed by atoms with Crippen molar-refractivity contribution in [1.82, 2.24) is 4.90 Å². The molecule has 18 heavy (non-hydrogen) atoms. The topological polar surface area (TPSA) is 32.3 Å². The minimum absolute atomic E-state index is 0.168. The fourth-order valence-electron chi connectivity index (χ4n) is 2.30. The zero-order chi connectivity index (χ0) is 13.1. The normalized spacial score (nSPS) is 16.7. The van der Waals surface area contributed by atoms with Crippen LogP contribution in [0.15, 0.2) is 18.2 Å². The van der Waals surface area contributed by atoms with E-state index in [0.29, 0.717) is 6.04 Å². The number of anilines is 1. The standard InChI is InChI=1S/C14H19ClN2O/c1-10-3-4-14(13(15)9-10)16-12-5-7-17(8-6-12)11(2)18/h3-4,9,12,16H,5-8H2,1-2H3. The number of likely N-dealkylation sites (tertiary alicyclic amines) is 1. The average Bonchev–Trinajstić information content (AvgIpc) is 2.33. The van der Waals surface area contributed by atoms with E-state index in [1.54, 1.807) is 6.92 Å². The number of nitrogens with zero attached hydrogens (tertiary/aromatic N) is 1. The molecule has 4 heteroatoms. The molecule has 1 amide bonds. The third-order valence-electron chi connectivity index (χ3n) is 3.42. The maximum atomic E-state index is 11.2. The Labute approximate surface area is 113 Å². The number of carbonyl (C=O) groups excluding carboxylic acids is 1. The molecule has 2 rings (SSSR count). The lowest BCUT2D eigenvalue weighted by Gasteiger charge is -2.32. The summed E-state index contributed by atoms with van der Waals surface area (Å²) in [6, 6.07) is 6.45. The van der Waals surface area contributed by atoms with Gasteiger partial charge in [-0.15, -0.1) is 0 Å². The van der Waals surface area contributed by atoms with Gasteiger partial charge in [0.15, 0.2) is 0 Å². The van der Waals surface area contributed by atoms with Crippen molar-refractivity contribution in [3.63, 3.8) is 0 Å². The van der Waals surface area contributed by atoms with Gasteiger partial charge in [0.1, 0.15) is 0 Å². The van der Waals surface area contributed by atoms with Gasteiger partial charge < -0.3 is 10.2 Å². The molecule has 0 aromatic heterocycles. The second-order valence-corrected chi connectivity index (χ2v) is 5.32. The van der Waals surface area contributed by atoms with Crippen molar-refractivity contribution in [1.29, 1.82) is 0 Å². The number of hydrogen-bond acceptors (Lipinski definition) is 2. The first-order valence-corrected chi connectivity index (χ1v) is 6.72. The Hall–Kier alpha value is -1.22. The van der Waals surface area contributed by atoms with Crippen molar-refractivity contribution in [3.8, 4) is 0 Å². The SMILES string of the molecule is CC(=O)N1CCC(Nc2ccc(C)cc2Cl)CC1. The molecule has 1 saturated heterocycles. The summed E-state index contributed by atoms with van der Waals surface area (Å²) in [6.07, 6.45) is 1.95. The van der Waals surface area contributed by atoms with E-state index in [0.717, 1.165) is 42.2 Å². The summed E-state index contributed by atoms with van der Waals surface area (Å²) < 4.78 is 0. The lowest BCUT2D eigenvalue weighted by atomic mass is 10.0. The quantitative estimate of drug-likeness (QED) is 0.892. The first-order chi connectivity index (χ1) is 8.56. The minimum atomic E-state index is 0.168. The van der Waals surface area contributed by atoms with Crippen LogP contribution >= 0.6 is 11.6 Å². The van der Waals surface area contributed by atoms with Gasteiger partial charge in [-0.25, -0.2) is 0 Å². The molecule has 0 bridgehead atoms. The van der Waals surface area contributed by atoms with Crippen LogP contribution in [0.25, 0.3) is 0 Å². The molecule has 0 spiro atoms. The van der Waals surface area contributed by atoms with Gasteiger partial charge in [-0.05, 0) is 37.5 Å². The van der Waals surface area contributed by atoms with E-state index in [2.05, 4.69) is 11.4 Å². The minimum Gasteiger partial charge on any atom is -0.381 e. The maximum absolute atomic E-state index is 11.2. The number of halogens is 1. The molecule has 0 unspecified atom stereocenters. The molecule has 1 heterocycles. The molecule has 0 saturated carbocycles. The molecule has 1 N–H and O–H groups in total. The van der Waals surface area contributed by atoms with Crippen LogP contribution in [0.1, 0.15) is 25.3 Å². The van der Waals surface area contributed by atoms with Crippen LogP contribution in [0, 0.1) is 6.92 Å². The fourth-order valence-corrected chi connectivity index (χ4v) is 2.59. The Morgan fingerprint density at radius 3 is 2.61 bits per heavy atom. The molecule has 98 valence electrons. The van der Waals surface area contributed by atoms with Crippen LogP contribution in [0.2, 0.25) is 5.02 Å². The molecule has 0 atom stereocenters. The van der Waals surface area contributed by atoms with Crippen molar-refractivity contribution in [2.45, 2.75) is 32.7 Å². The van der Waals surface area contributed by atoms with Crippen LogP contribution in [0.4, 0.5) is 5.69 Å². The van der Waals surface area contributed by atoms with Crippen molar-refractivity contribution < 1.29 is 4.79 Å². The number of piperidine rings is 1. The lowest BCUT2D eigenvalue weighted by Crippen LogP contribution is -2.41. The Morgan fingerprint density at radius 1 is 1.39 bits per heavy atom. The highest BCUT2D eigenvalue weighted by molar-refractivity contribution is 6.33. The largest absolute Gasteiger partial charge is 0.381 e. The van der Waals surface area contributed by atoms with Crippen LogP contribution in [-0.2, 0) is 4.79 Å². The van der Waals surface area contributed by atoms with Gasteiger partial charge in [-0.2, -0.15) is 0 Å². The zero-order valence-corrected chi connectivity index (χ0v) is 11.6. The van der Waals surface area contributed by atoms with Gasteiger partial charge in [-0.1, -0.05) is 17.7 Å². The molecule has 1 aliphatic heterocycles. The van der Waals surface area contributed by atoms with E-state index in [1.165, 1.54) is 0 Å². The third-order valence-corrected chi connectivity index (χ3v) is 3.74. The maximum Gasteiger partial charge on any atom is 0.219 e. The second-order valence-electron chi connectivity index (χ2n) is 4.91. The van der Waals surface area contributed by atoms with Gasteiger partial charge in [-0.3, -0.25) is 4.79 Å². The highest BCUT2D eigenvalue weighted by Gasteiger charge is 2.20. The molecular formula is C14H19ClN2O. The number of aryl methyl sites for hydroxylation is 1. The van der Waals surface area contributed by atoms with Crippen molar-refractivity contribution in [2.75, 3.05) is 18.4 Å². The average molecular weight is 267 g/mol. The van der Waals surface area contributed by atoms with Gasteiger partial charge in [0.05, 0.1) is 10.7 Å². The highest BCUT2D eigenvalue weighted by atomic mass is 35.5. The Kier molecular flexibility index (Phi) is 4.12. The van der Waals surface area contributed by atoms with Crippen LogP contribution in [-0.4, -0.2) is 29.9 Å². The molecule has 0 radical (unpaired) electrons. The molecule has 1 fully saturated rings. The molecule has 0 aliphatic carbocycles. The third kappa shape index (κ3) is 3.16. The summed E-state index contributed by atoms with van der Waals surface area (Å²) in [4.78, 5) is 13.1. The van der Waals surface area contributed by atoms with Crippen molar-refractivity contribution in [3.05, 3.63) is 28.8 Å². The number of benzene rings is 1. The number of nitrogens with one attached hydrogen (secondary N) is 1. The van der Waals surface area contributed by atoms with E-state index >= 15 is 0 Å². The fraction of sp³-hybridized carbons (Fsp3) is 0.500. The first-order valence-electron chi connectivity index (χ1n) is 6.34. The van der Waals surface area contributed by atoms with Crippen molar-refractivity contribution >= 4 is 23.2 Å². The van der Waals surface area contributed by atoms with Crippen LogP contribution < -0.4 is 5.32 Å². The summed E-state index contributed by atoms with van der Waals surface area (Å²) in [5.74, 6) is 0.168. The predicted molar refractivity (Wildman–Crippen MR) is 75.1 cm³/mol. The molecule has 1 aliphatic rings. The summed E-state index contributed by atoms with van der Waals surface area (Å²) in [5, 5.41) is 4.23. The van der Waals surface area contributed by atoms with Crippen LogP contribution in [0.3, 0.4) is 0 Å². The molecule has 1 aromatic carbocycles. The van der Waals surface area contributed by atoms with E-state index in [9.17, 15) is 4.79 Å². The number of hydrogen-bond donors (Lipinski definition) is 1. The van der Waals surface area contributed by atoms with E-state index in [4.69, 9.17) is 11.6 Å². The lowest BCUT2D eigenvalue weighted by molar-refractivity contribution is -0.129. The Bertz CT molecular complexity index is 439. The van der Waals surface area contributed by atoms with Gasteiger partial charge in [0.2, 0.25) is 5.91 Å². The molecule has 1 aromatic rings. The summed E-state index contributed by atoms with van der Waals surface area (Å²) in [6.45, 7) is 5.32. The molecule has 3 nitrogen and oxygen atoms in total. The Morgan fingerprint density at radius 2 is 2.06 bits per heavy atom. The number of carbonyl (C=O) groups is 1. The summed E-state index contributed by atoms with van der Waals surface area (Å²) in [5.41, 5.74) is 2.15. The second kappa shape index (κ2) is 5.61. The van der Waals surface area contributed by atoms with Gasteiger partial charge in [0.25, 0.3) is 0 Å². The monoisotopic (exact) mass is 266 g/mol. The predicted octanol–water partition coefficient (Wildman–Crippen LogP) is 3.07. The molecular weight excluding hydrogens is 248 g/mol. The van der Waals surface area contributed by atoms with E-state index in [-0.39, 0.29) is 5.91 Å². The van der Waals surface area contributed by atoms with E-state index < -0.39 is 0 Å². The van der Waals surface area contributed by atoms with Gasteiger partial charge in [0, 0.05) is 26.1 Å². The summed E-state index contributed by atoms with van der Waals surface area (Å²) >= 11 is 6.20. The highest BCUT2D eigenvalue weighted by Crippen LogP contribution is 2.25. The van der Waals surface area contributed by atoms with Crippen molar-refractivity contribution in [2.24, 2.45) is 0 Å². The smallest absolute Gasteiger partial charge is 0.219 e. The van der Waals surface area contributed by atoms with Gasteiger partial charge >= 0.3 is 0 Å².